The zero-order chi connectivity index (χ0) is 28.2. The summed E-state index contributed by atoms with van der Waals surface area (Å²) >= 11 is 0.933. The SMILES string of the molecule is NC(CCC(NC(=O)C(c1ccccc1)c1ccccc1)C(=O)NCCc1ccccc1O)/C([AsH2])=N\[N+](=O)[O-]. The number of phenolic OH excluding ortho intramolecular Hbond substituents is 1. The number of nitro groups is 1. The topological polar surface area (TPSA) is 160 Å². The molecule has 0 aliphatic carbocycles. The molecule has 3 unspecified atom stereocenters. The van der Waals surface area contributed by atoms with Crippen molar-refractivity contribution in [2.45, 2.75) is 37.3 Å². The quantitative estimate of drug-likeness (QED) is 0.102. The minimum atomic E-state index is -0.946. The maximum absolute atomic E-state index is 13.7. The fourth-order valence-electron chi connectivity index (χ4n) is 4.14. The van der Waals surface area contributed by atoms with E-state index >= 15 is 0 Å². The van der Waals surface area contributed by atoms with E-state index in [1.807, 2.05) is 60.7 Å². The van der Waals surface area contributed by atoms with Gasteiger partial charge in [-0.1, -0.05) is 6.07 Å². The second kappa shape index (κ2) is 14.8. The molecule has 0 bridgehead atoms. The van der Waals surface area contributed by atoms with Gasteiger partial charge in [0.15, 0.2) is 0 Å². The monoisotopic (exact) mass is 593 g/mol. The predicted molar refractivity (Wildman–Crippen MR) is 152 cm³/mol. The van der Waals surface area contributed by atoms with Crippen LogP contribution in [0.25, 0.3) is 0 Å². The van der Waals surface area contributed by atoms with Gasteiger partial charge in [-0.2, -0.15) is 0 Å². The number of aromatic hydroxyl groups is 1. The summed E-state index contributed by atoms with van der Waals surface area (Å²) in [7, 11) is 0. The second-order valence-electron chi connectivity index (χ2n) is 8.93. The molecule has 0 aliphatic heterocycles. The zero-order valence-corrected chi connectivity index (χ0v) is 23.7. The average molecular weight is 594 g/mol. The Bertz CT molecular complexity index is 1250. The molecule has 3 atom stereocenters. The third-order valence-electron chi connectivity index (χ3n) is 6.19. The summed E-state index contributed by atoms with van der Waals surface area (Å²) in [4.78, 5) is 37.6. The number of hydrogen-bond donors (Lipinski definition) is 4. The van der Waals surface area contributed by atoms with Gasteiger partial charge in [-0.15, -0.1) is 0 Å². The van der Waals surface area contributed by atoms with Crippen LogP contribution in [0.15, 0.2) is 90.0 Å². The third-order valence-corrected chi connectivity index (χ3v) is 7.33. The van der Waals surface area contributed by atoms with Crippen molar-refractivity contribution in [1.82, 2.24) is 10.6 Å². The molecule has 2 amide bonds. The molecule has 5 N–H and O–H groups in total. The molecular formula is C28H32AsN5O5. The number of nitrogens with two attached hydrogens (primary N) is 1. The number of amides is 2. The van der Waals surface area contributed by atoms with Crippen LogP contribution < -0.4 is 16.4 Å². The van der Waals surface area contributed by atoms with Crippen LogP contribution >= 0.6 is 0 Å². The standard InChI is InChI=1S/C28H32AsN5O5/c29-26(33-34(38)39)22(30)15-16-23(27(36)31-18-17-19-9-7-8-14-24(19)35)32-28(37)25(20-10-3-1-4-11-20)21-12-5-2-6-13-21/h1-14,22-23,25,35H,15-18,29-30H2,(H,31,36)(H,32,37)/b33-26+. The van der Waals surface area contributed by atoms with Crippen molar-refractivity contribution in [2.75, 3.05) is 6.54 Å². The summed E-state index contributed by atoms with van der Waals surface area (Å²) in [5.74, 6) is -1.29. The van der Waals surface area contributed by atoms with E-state index in [4.69, 9.17) is 5.73 Å². The Labute approximate surface area is 235 Å². The Morgan fingerprint density at radius 3 is 2.05 bits per heavy atom. The molecule has 3 aromatic rings. The van der Waals surface area contributed by atoms with Crippen molar-refractivity contribution in [3.05, 3.63) is 112 Å². The molecule has 0 saturated carbocycles. The van der Waals surface area contributed by atoms with Crippen LogP contribution in [0.5, 0.6) is 5.75 Å². The molecule has 204 valence electrons. The van der Waals surface area contributed by atoms with Crippen molar-refractivity contribution in [3.8, 4) is 5.75 Å². The number of phenols is 1. The van der Waals surface area contributed by atoms with E-state index in [0.29, 0.717) is 12.0 Å². The van der Waals surface area contributed by atoms with Gasteiger partial charge in [0.25, 0.3) is 0 Å². The number of carbonyl (C=O) groups excluding carboxylic acids is 2. The zero-order valence-electron chi connectivity index (χ0n) is 21.3. The first-order valence-corrected chi connectivity index (χ1v) is 13.7. The summed E-state index contributed by atoms with van der Waals surface area (Å²) in [5, 5.41) is 28.9. The van der Waals surface area contributed by atoms with E-state index in [1.54, 1.807) is 24.3 Å². The number of benzene rings is 3. The normalized spacial score (nSPS) is 12.9. The summed E-state index contributed by atoms with van der Waals surface area (Å²) in [5.41, 5.74) is 8.31. The van der Waals surface area contributed by atoms with Crippen LogP contribution in [-0.4, -0.2) is 61.9 Å². The average Bonchev–Trinajstić information content (AvgIpc) is 2.92. The van der Waals surface area contributed by atoms with Crippen LogP contribution in [-0.2, 0) is 16.0 Å². The van der Waals surface area contributed by atoms with Gasteiger partial charge in [-0.05, 0) is 0 Å². The molecule has 11 heteroatoms. The number of rotatable bonds is 13. The summed E-state index contributed by atoms with van der Waals surface area (Å²) in [6.07, 6.45) is 0.739. The molecule has 0 fully saturated rings. The molecule has 0 aromatic heterocycles. The van der Waals surface area contributed by atoms with Crippen molar-refractivity contribution >= 4 is 33.2 Å². The van der Waals surface area contributed by atoms with Crippen molar-refractivity contribution in [2.24, 2.45) is 10.8 Å². The van der Waals surface area contributed by atoms with Crippen molar-refractivity contribution < 1.29 is 19.7 Å². The predicted octanol–water partition coefficient (Wildman–Crippen LogP) is 1.70. The van der Waals surface area contributed by atoms with Gasteiger partial charge >= 0.3 is 230 Å². The minimum absolute atomic E-state index is 0.138. The molecule has 0 aliphatic rings. The van der Waals surface area contributed by atoms with E-state index in [-0.39, 0.29) is 35.5 Å². The van der Waals surface area contributed by atoms with Gasteiger partial charge in [0, 0.05) is 0 Å². The van der Waals surface area contributed by atoms with Gasteiger partial charge in [-0.25, -0.2) is 0 Å². The summed E-state index contributed by atoms with van der Waals surface area (Å²) < 4.78 is 0.184. The number of nitrogens with zero attached hydrogens (tertiary/aromatic N) is 2. The first-order chi connectivity index (χ1) is 18.8. The molecule has 0 radical (unpaired) electrons. The number of carbonyl (C=O) groups is 2. The first-order valence-electron chi connectivity index (χ1n) is 12.4. The fraction of sp³-hybridized carbons (Fsp3) is 0.250. The molecule has 10 nitrogen and oxygen atoms in total. The van der Waals surface area contributed by atoms with Crippen LogP contribution in [0.3, 0.4) is 0 Å². The number of hydrogen-bond acceptors (Lipinski definition) is 6. The van der Waals surface area contributed by atoms with Crippen LogP contribution in [0, 0.1) is 10.1 Å². The maximum atomic E-state index is 13.7. The number of hydrazone groups is 1. The first kappa shape index (κ1) is 29.5. The molecule has 3 rings (SSSR count). The van der Waals surface area contributed by atoms with E-state index in [9.17, 15) is 24.8 Å². The third kappa shape index (κ3) is 9.05. The van der Waals surface area contributed by atoms with Crippen molar-refractivity contribution in [3.63, 3.8) is 0 Å². The molecule has 0 spiro atoms. The van der Waals surface area contributed by atoms with Crippen LogP contribution in [0.2, 0.25) is 0 Å². The Morgan fingerprint density at radius 1 is 0.923 bits per heavy atom. The summed E-state index contributed by atoms with van der Waals surface area (Å²) in [6, 6.07) is 23.7. The van der Waals surface area contributed by atoms with Gasteiger partial charge in [-0.3, -0.25) is 0 Å². The number of para-hydroxylation sites is 1. The molecule has 39 heavy (non-hydrogen) atoms. The molecule has 0 saturated heterocycles. The van der Waals surface area contributed by atoms with E-state index in [0.717, 1.165) is 28.0 Å². The molecular weight excluding hydrogens is 561 g/mol. The summed E-state index contributed by atoms with van der Waals surface area (Å²) in [6.45, 7) is 0.237. The van der Waals surface area contributed by atoms with E-state index in [2.05, 4.69) is 15.7 Å². The Hall–Kier alpha value is -4.01. The van der Waals surface area contributed by atoms with Gasteiger partial charge in [0.1, 0.15) is 0 Å². The number of nitrogens with one attached hydrogen (secondary N) is 2. The second-order valence-corrected chi connectivity index (χ2v) is 10.2. The Morgan fingerprint density at radius 2 is 1.49 bits per heavy atom. The Balaban J connectivity index is 1.78. The van der Waals surface area contributed by atoms with Gasteiger partial charge < -0.3 is 0 Å². The molecule has 0 heterocycles. The van der Waals surface area contributed by atoms with Gasteiger partial charge in [0.2, 0.25) is 0 Å². The fourth-order valence-corrected chi connectivity index (χ4v) is 4.69. The van der Waals surface area contributed by atoms with E-state index in [1.165, 1.54) is 0 Å². The van der Waals surface area contributed by atoms with Crippen LogP contribution in [0.4, 0.5) is 0 Å². The van der Waals surface area contributed by atoms with E-state index < -0.39 is 28.9 Å². The van der Waals surface area contributed by atoms with Crippen molar-refractivity contribution in [1.29, 1.82) is 0 Å². The van der Waals surface area contributed by atoms with Crippen LogP contribution in [0.1, 0.15) is 35.4 Å². The molecule has 3 aromatic carbocycles. The van der Waals surface area contributed by atoms with Gasteiger partial charge in [0.05, 0.1) is 0 Å². The Kier molecular flexibility index (Phi) is 11.2.